The number of hydrogen-bond acceptors (Lipinski definition) is 13. The number of carbonyl (C=O) groups excluding carboxylic acids is 5. The predicted octanol–water partition coefficient (Wildman–Crippen LogP) is 15.2. The number of halogens is 1. The van der Waals surface area contributed by atoms with Gasteiger partial charge >= 0.3 is 23.9 Å². The molecule has 448 valence electrons. The van der Waals surface area contributed by atoms with E-state index in [1.807, 2.05) is 119 Å². The lowest BCUT2D eigenvalue weighted by Gasteiger charge is -2.35. The normalized spacial score (nSPS) is 12.7. The number of rotatable bonds is 16. The summed E-state index contributed by atoms with van der Waals surface area (Å²) in [6.07, 6.45) is 1.77. The van der Waals surface area contributed by atoms with Gasteiger partial charge in [0.25, 0.3) is 0 Å². The number of nitrogens with zero attached hydrogens (tertiary/aromatic N) is 1. The highest BCUT2D eigenvalue weighted by molar-refractivity contribution is 14.1. The number of aromatic hydroxyl groups is 1. The molecule has 0 saturated heterocycles. The van der Waals surface area contributed by atoms with Crippen molar-refractivity contribution in [2.75, 3.05) is 28.4 Å². The third-order valence-corrected chi connectivity index (χ3v) is 16.0. The van der Waals surface area contributed by atoms with Crippen LogP contribution in [0.1, 0.15) is 158 Å². The minimum atomic E-state index is -0.880. The Labute approximate surface area is 511 Å². The fourth-order valence-corrected chi connectivity index (χ4v) is 8.61. The number of ketones is 1. The maximum absolute atomic E-state index is 11.7. The van der Waals surface area contributed by atoms with Gasteiger partial charge in [-0.1, -0.05) is 136 Å². The zero-order chi connectivity index (χ0) is 63.0. The van der Waals surface area contributed by atoms with Gasteiger partial charge in [0, 0.05) is 26.5 Å². The Morgan fingerprint density at radius 2 is 0.774 bits per heavy atom. The van der Waals surface area contributed by atoms with Gasteiger partial charge in [-0.25, -0.2) is 19.2 Å². The monoisotopic (exact) mass is 1260 g/mol. The summed E-state index contributed by atoms with van der Waals surface area (Å²) >= 11 is 2.18. The molecule has 3 unspecified atom stereocenters. The summed E-state index contributed by atoms with van der Waals surface area (Å²) in [4.78, 5) is 59.9. The van der Waals surface area contributed by atoms with Crippen LogP contribution in [0.4, 0.5) is 0 Å². The third-order valence-electron chi connectivity index (χ3n) is 15.2. The Kier molecular flexibility index (Phi) is 28.2. The van der Waals surface area contributed by atoms with E-state index in [1.54, 1.807) is 80.7 Å². The molecule has 6 aromatic carbocycles. The first-order chi connectivity index (χ1) is 39.6. The van der Waals surface area contributed by atoms with Crippen LogP contribution in [0.2, 0.25) is 0 Å². The van der Waals surface area contributed by atoms with E-state index in [4.69, 9.17) is 14.2 Å². The molecule has 0 aliphatic rings. The number of hydrogen-bond donors (Lipinski definition) is 2. The van der Waals surface area contributed by atoms with Crippen LogP contribution in [0.3, 0.4) is 0 Å². The zero-order valence-corrected chi connectivity index (χ0v) is 53.6. The van der Waals surface area contributed by atoms with Crippen LogP contribution in [-0.4, -0.2) is 73.3 Å². The summed E-state index contributed by atoms with van der Waals surface area (Å²) in [5.74, 6) is 1.04. The first kappa shape index (κ1) is 70.6. The molecule has 0 bridgehead atoms. The van der Waals surface area contributed by atoms with E-state index in [2.05, 4.69) is 90.7 Å². The summed E-state index contributed by atoms with van der Waals surface area (Å²) in [5.41, 5.74) is 7.20. The molecular formula is C70H84INO12. The first-order valence-electron chi connectivity index (χ1n) is 27.7. The summed E-state index contributed by atoms with van der Waals surface area (Å²) in [5, 5.41) is 19.7. The second kappa shape index (κ2) is 33.6. The molecule has 0 fully saturated rings. The standard InChI is InChI=1S/C25H27NO3.C19H22O3.C13H18O3.C8H7IO2.C5H10O/c1-18(2)25(3,20-10-8-19(9-11-20)24(27)28-4)21-12-14-23(15-13-21)29-17-22-7-5-6-16-26-22;1-13(2)19(3,16-9-11-17(20)12-10-16)15-7-5-14(6-8-15)18(21)22-4;1-9(2)13(3,15)11-7-5-10(6-8-11)12(14)16-4;1-11-8(10)6-2-4-7(9)5-3-6;1-4(2)5(3)6/h5-16,18H,17H2,1-4H3;5-13,20H,1-4H3;5-9,15H,1-4H3;2-5H,1H3;4H,1-3H3. The van der Waals surface area contributed by atoms with Crippen molar-refractivity contribution in [2.45, 2.75) is 106 Å². The molecule has 1 heterocycles. The molecule has 14 heteroatoms. The molecule has 13 nitrogen and oxygen atoms in total. The number of methoxy groups -OCH3 is 4. The van der Waals surface area contributed by atoms with Crippen LogP contribution in [0.5, 0.6) is 11.5 Å². The number of phenolic OH excluding ortho intramolecular Hbond substituents is 1. The number of Topliss-reactive ketones (excluding diaryl/α,β-unsaturated/α-hetero) is 1. The molecule has 0 radical (unpaired) electrons. The lowest BCUT2D eigenvalue weighted by molar-refractivity contribution is -0.119. The van der Waals surface area contributed by atoms with Gasteiger partial charge in [-0.05, 0) is 179 Å². The van der Waals surface area contributed by atoms with Crippen molar-refractivity contribution in [3.63, 3.8) is 0 Å². The second-order valence-electron chi connectivity index (χ2n) is 21.7. The first-order valence-corrected chi connectivity index (χ1v) is 28.8. The highest BCUT2D eigenvalue weighted by Crippen LogP contribution is 2.41. The van der Waals surface area contributed by atoms with Crippen molar-refractivity contribution in [3.05, 3.63) is 229 Å². The van der Waals surface area contributed by atoms with E-state index < -0.39 is 5.60 Å². The van der Waals surface area contributed by atoms with Crippen LogP contribution in [0.15, 0.2) is 170 Å². The van der Waals surface area contributed by atoms with Crippen molar-refractivity contribution in [1.82, 2.24) is 4.98 Å². The number of carbonyl (C=O) groups is 5. The van der Waals surface area contributed by atoms with Crippen LogP contribution in [0, 0.1) is 27.2 Å². The minimum absolute atomic E-state index is 0.108. The highest BCUT2D eigenvalue weighted by atomic mass is 127. The van der Waals surface area contributed by atoms with Gasteiger partial charge in [0.15, 0.2) is 0 Å². The third kappa shape index (κ3) is 20.0. The predicted molar refractivity (Wildman–Crippen MR) is 339 cm³/mol. The molecule has 7 aromatic rings. The maximum atomic E-state index is 11.7. The number of aromatic nitrogens is 1. The van der Waals surface area contributed by atoms with Gasteiger partial charge in [-0.3, -0.25) is 9.78 Å². The lowest BCUT2D eigenvalue weighted by atomic mass is 9.68. The topological polar surface area (TPSA) is 185 Å². The number of esters is 4. The molecule has 84 heavy (non-hydrogen) atoms. The molecule has 1 aromatic heterocycles. The molecular weight excluding hydrogens is 1170 g/mol. The van der Waals surface area contributed by atoms with Crippen LogP contribution in [-0.2, 0) is 46.8 Å². The Morgan fingerprint density at radius 1 is 0.464 bits per heavy atom. The number of aliphatic hydroxyl groups is 1. The van der Waals surface area contributed by atoms with E-state index in [0.29, 0.717) is 40.7 Å². The molecule has 0 spiro atoms. The molecule has 3 atom stereocenters. The van der Waals surface area contributed by atoms with Crippen molar-refractivity contribution in [2.24, 2.45) is 23.7 Å². The van der Waals surface area contributed by atoms with Gasteiger partial charge in [-0.2, -0.15) is 0 Å². The van der Waals surface area contributed by atoms with Gasteiger partial charge in [0.1, 0.15) is 23.9 Å². The number of pyridine rings is 1. The lowest BCUT2D eigenvalue weighted by Crippen LogP contribution is -2.30. The summed E-state index contributed by atoms with van der Waals surface area (Å²) in [7, 11) is 5.50. The van der Waals surface area contributed by atoms with Gasteiger partial charge < -0.3 is 33.9 Å². The van der Waals surface area contributed by atoms with Crippen molar-refractivity contribution in [1.29, 1.82) is 0 Å². The van der Waals surface area contributed by atoms with Gasteiger partial charge in [0.05, 0.1) is 62.0 Å². The second-order valence-corrected chi connectivity index (χ2v) is 22.9. The summed E-state index contributed by atoms with van der Waals surface area (Å²) in [6.45, 7) is 24.7. The largest absolute Gasteiger partial charge is 0.508 e. The highest BCUT2D eigenvalue weighted by Gasteiger charge is 2.34. The van der Waals surface area contributed by atoms with E-state index >= 15 is 0 Å². The number of ether oxygens (including phenoxy) is 5. The number of phenols is 1. The molecule has 2 N–H and O–H groups in total. The molecule has 0 saturated carbocycles. The fraction of sp³-hybridized carbons (Fsp3) is 0.343. The smallest absolute Gasteiger partial charge is 0.337 e. The Hall–Kier alpha value is -7.69. The molecule has 0 aliphatic heterocycles. The van der Waals surface area contributed by atoms with Crippen molar-refractivity contribution in [3.8, 4) is 11.5 Å². The fourth-order valence-electron chi connectivity index (χ4n) is 8.25. The van der Waals surface area contributed by atoms with Crippen LogP contribution in [0.25, 0.3) is 0 Å². The Balaban J connectivity index is 0.000000298. The zero-order valence-electron chi connectivity index (χ0n) is 51.5. The Bertz CT molecular complexity index is 3140. The van der Waals surface area contributed by atoms with Crippen LogP contribution < -0.4 is 4.74 Å². The van der Waals surface area contributed by atoms with Crippen molar-refractivity contribution >= 4 is 52.3 Å². The molecule has 0 amide bonds. The quantitative estimate of drug-likeness (QED) is 0.0530. The SMILES string of the molecule is CC(=O)C(C)C.COC(=O)c1ccc(C(C)(O)C(C)C)cc1.COC(=O)c1ccc(C(C)(c2ccc(O)cc2)C(C)C)cc1.COC(=O)c1ccc(C(C)(c2ccc(OCc3ccccn3)cc2)C(C)C)cc1.COC(=O)c1ccc(I)cc1. The van der Waals surface area contributed by atoms with Gasteiger partial charge in [0.2, 0.25) is 0 Å². The maximum Gasteiger partial charge on any atom is 0.337 e. The summed E-state index contributed by atoms with van der Waals surface area (Å²) in [6, 6.07) is 50.6. The summed E-state index contributed by atoms with van der Waals surface area (Å²) < 4.78 is 25.7. The van der Waals surface area contributed by atoms with E-state index in [9.17, 15) is 34.2 Å². The van der Waals surface area contributed by atoms with E-state index in [1.165, 1.54) is 34.0 Å². The van der Waals surface area contributed by atoms with Crippen molar-refractivity contribution < 1.29 is 57.9 Å². The van der Waals surface area contributed by atoms with Gasteiger partial charge in [-0.15, -0.1) is 0 Å². The number of benzene rings is 6. The minimum Gasteiger partial charge on any atom is -0.508 e. The van der Waals surface area contributed by atoms with Crippen LogP contribution >= 0.6 is 22.6 Å². The molecule has 0 aliphatic carbocycles. The van der Waals surface area contributed by atoms with E-state index in [0.717, 1.165) is 37.3 Å². The average molecular weight is 1260 g/mol. The average Bonchev–Trinajstić information content (AvgIpc) is 2.17. The Morgan fingerprint density at radius 3 is 1.06 bits per heavy atom. The molecule has 7 rings (SSSR count). The van der Waals surface area contributed by atoms with E-state index in [-0.39, 0.29) is 58.1 Å².